The molecule has 0 saturated carbocycles. The molecule has 4 nitrogen and oxygen atoms in total. The molecular formula is C13H19N3O. The number of terminal acetylenes is 1. The molecule has 1 aromatic rings. The molecule has 0 aromatic carbocycles. The minimum atomic E-state index is -0.283. The average Bonchev–Trinajstić information content (AvgIpc) is 2.36. The van der Waals surface area contributed by atoms with Crippen LogP contribution in [0.15, 0.2) is 6.33 Å². The minimum Gasteiger partial charge on any atom is -0.461 e. The highest BCUT2D eigenvalue weighted by atomic mass is 16.5. The van der Waals surface area contributed by atoms with Crippen molar-refractivity contribution in [3.63, 3.8) is 0 Å². The third-order valence-electron chi connectivity index (χ3n) is 2.32. The number of hydrogen-bond acceptors (Lipinski definition) is 4. The molecule has 0 saturated heterocycles. The lowest BCUT2D eigenvalue weighted by molar-refractivity contribution is 0.264. The monoisotopic (exact) mass is 233 g/mol. The summed E-state index contributed by atoms with van der Waals surface area (Å²) in [5.41, 5.74) is 0.975. The van der Waals surface area contributed by atoms with Crippen LogP contribution in [0.3, 0.4) is 0 Å². The lowest BCUT2D eigenvalue weighted by atomic mass is 10.2. The molecule has 92 valence electrons. The zero-order chi connectivity index (χ0) is 12.7. The predicted molar refractivity (Wildman–Crippen MR) is 69.1 cm³/mol. The molecule has 0 aliphatic rings. The van der Waals surface area contributed by atoms with Crippen LogP contribution in [0.5, 0.6) is 5.88 Å². The van der Waals surface area contributed by atoms with Crippen LogP contribution >= 0.6 is 0 Å². The topological polar surface area (TPSA) is 47.0 Å². The third-order valence-corrected chi connectivity index (χ3v) is 2.32. The summed E-state index contributed by atoms with van der Waals surface area (Å²) in [5.74, 6) is 3.94. The van der Waals surface area contributed by atoms with Gasteiger partial charge in [0.1, 0.15) is 12.1 Å². The first-order valence-corrected chi connectivity index (χ1v) is 5.93. The van der Waals surface area contributed by atoms with Gasteiger partial charge in [-0.25, -0.2) is 9.97 Å². The smallest absolute Gasteiger partial charge is 0.223 e. The van der Waals surface area contributed by atoms with Gasteiger partial charge in [-0.05, 0) is 19.8 Å². The van der Waals surface area contributed by atoms with E-state index in [1.54, 1.807) is 0 Å². The highest BCUT2D eigenvalue weighted by Gasteiger charge is 2.12. The fourth-order valence-electron chi connectivity index (χ4n) is 1.41. The summed E-state index contributed by atoms with van der Waals surface area (Å²) in [6, 6.07) is 0. The number of aromatic nitrogens is 2. The number of anilines is 1. The van der Waals surface area contributed by atoms with Crippen molar-refractivity contribution in [2.45, 2.75) is 39.7 Å². The highest BCUT2D eigenvalue weighted by Crippen LogP contribution is 2.23. The van der Waals surface area contributed by atoms with E-state index in [4.69, 9.17) is 11.2 Å². The minimum absolute atomic E-state index is 0.283. The Labute approximate surface area is 103 Å². The van der Waals surface area contributed by atoms with E-state index in [0.717, 1.165) is 30.8 Å². The van der Waals surface area contributed by atoms with Crippen molar-refractivity contribution in [3.8, 4) is 18.2 Å². The Balaban J connectivity index is 2.93. The first-order chi connectivity index (χ1) is 8.22. The lowest BCUT2D eigenvalue weighted by Crippen LogP contribution is -2.13. The normalized spacial score (nSPS) is 11.6. The van der Waals surface area contributed by atoms with Crippen LogP contribution in [0.2, 0.25) is 0 Å². The first kappa shape index (κ1) is 13.3. The Bertz CT molecular complexity index is 398. The van der Waals surface area contributed by atoms with Crippen molar-refractivity contribution in [1.29, 1.82) is 0 Å². The molecule has 0 fully saturated rings. The van der Waals surface area contributed by atoms with Crippen LogP contribution in [0.1, 0.15) is 32.8 Å². The van der Waals surface area contributed by atoms with E-state index in [1.807, 2.05) is 13.8 Å². The van der Waals surface area contributed by atoms with E-state index in [-0.39, 0.29) is 6.10 Å². The molecule has 1 heterocycles. The van der Waals surface area contributed by atoms with E-state index in [2.05, 4.69) is 28.1 Å². The third kappa shape index (κ3) is 3.63. The van der Waals surface area contributed by atoms with E-state index < -0.39 is 0 Å². The molecule has 4 heteroatoms. The summed E-state index contributed by atoms with van der Waals surface area (Å²) in [4.78, 5) is 8.36. The summed E-state index contributed by atoms with van der Waals surface area (Å²) in [6.07, 6.45) is 8.36. The molecule has 1 rings (SSSR count). The molecule has 0 bridgehead atoms. The molecule has 1 aromatic heterocycles. The van der Waals surface area contributed by atoms with Crippen LogP contribution in [0.4, 0.5) is 5.82 Å². The summed E-state index contributed by atoms with van der Waals surface area (Å²) >= 11 is 0. The maximum atomic E-state index is 5.58. The van der Waals surface area contributed by atoms with E-state index in [1.165, 1.54) is 6.33 Å². The Morgan fingerprint density at radius 3 is 2.82 bits per heavy atom. The fraction of sp³-hybridized carbons (Fsp3) is 0.538. The van der Waals surface area contributed by atoms with Crippen molar-refractivity contribution in [1.82, 2.24) is 9.97 Å². The summed E-state index contributed by atoms with van der Waals surface area (Å²) in [7, 11) is 0. The van der Waals surface area contributed by atoms with Crippen molar-refractivity contribution in [3.05, 3.63) is 11.9 Å². The zero-order valence-electron chi connectivity index (χ0n) is 10.7. The Kier molecular flexibility index (Phi) is 5.28. The standard InChI is InChI=1S/C13H19N3O/c1-5-8-14-12-11(7-3)13(16-9-15-12)17-10(4)6-2/h2,9-10H,5,7-8H2,1,3-4H3,(H,14,15,16). The second-order valence-electron chi connectivity index (χ2n) is 3.71. The molecule has 0 radical (unpaired) electrons. The quantitative estimate of drug-likeness (QED) is 0.766. The van der Waals surface area contributed by atoms with Crippen molar-refractivity contribution < 1.29 is 4.74 Å². The van der Waals surface area contributed by atoms with Gasteiger partial charge in [0.25, 0.3) is 0 Å². The van der Waals surface area contributed by atoms with E-state index in [0.29, 0.717) is 5.88 Å². The van der Waals surface area contributed by atoms with Gasteiger partial charge in [-0.2, -0.15) is 0 Å². The van der Waals surface area contributed by atoms with Gasteiger partial charge in [0.15, 0.2) is 6.10 Å². The molecule has 1 N–H and O–H groups in total. The fourth-order valence-corrected chi connectivity index (χ4v) is 1.41. The predicted octanol–water partition coefficient (Wildman–Crippen LogP) is 2.26. The number of hydrogen-bond donors (Lipinski definition) is 1. The van der Waals surface area contributed by atoms with Crippen molar-refractivity contribution in [2.75, 3.05) is 11.9 Å². The number of rotatable bonds is 6. The molecule has 1 unspecified atom stereocenters. The molecule has 17 heavy (non-hydrogen) atoms. The van der Waals surface area contributed by atoms with Crippen LogP contribution in [0, 0.1) is 12.3 Å². The second kappa shape index (κ2) is 6.74. The van der Waals surface area contributed by atoms with Gasteiger partial charge in [-0.3, -0.25) is 0 Å². The maximum Gasteiger partial charge on any atom is 0.223 e. The number of nitrogens with zero attached hydrogens (tertiary/aromatic N) is 2. The average molecular weight is 233 g/mol. The number of nitrogens with one attached hydrogen (secondary N) is 1. The van der Waals surface area contributed by atoms with Crippen LogP contribution in [-0.4, -0.2) is 22.6 Å². The summed E-state index contributed by atoms with van der Waals surface area (Å²) in [5, 5.41) is 3.26. The Morgan fingerprint density at radius 2 is 2.24 bits per heavy atom. The lowest BCUT2D eigenvalue weighted by Gasteiger charge is -2.14. The molecule has 1 atom stereocenters. The maximum absolute atomic E-state index is 5.58. The first-order valence-electron chi connectivity index (χ1n) is 5.93. The van der Waals surface area contributed by atoms with Gasteiger partial charge >= 0.3 is 0 Å². The van der Waals surface area contributed by atoms with Crippen molar-refractivity contribution in [2.24, 2.45) is 0 Å². The molecule has 0 spiro atoms. The molecule has 0 aliphatic heterocycles. The number of ether oxygens (including phenoxy) is 1. The van der Waals surface area contributed by atoms with Gasteiger partial charge in [0.2, 0.25) is 5.88 Å². The molecular weight excluding hydrogens is 214 g/mol. The zero-order valence-corrected chi connectivity index (χ0v) is 10.7. The Hall–Kier alpha value is -1.76. The second-order valence-corrected chi connectivity index (χ2v) is 3.71. The van der Waals surface area contributed by atoms with Gasteiger partial charge in [0.05, 0.1) is 5.56 Å². The molecule has 0 aliphatic carbocycles. The highest BCUT2D eigenvalue weighted by molar-refractivity contribution is 5.48. The van der Waals surface area contributed by atoms with Gasteiger partial charge in [-0.1, -0.05) is 19.8 Å². The van der Waals surface area contributed by atoms with Crippen molar-refractivity contribution >= 4 is 5.82 Å². The Morgan fingerprint density at radius 1 is 1.47 bits per heavy atom. The molecule has 0 amide bonds. The summed E-state index contributed by atoms with van der Waals surface area (Å²) in [6.45, 7) is 6.86. The SMILES string of the molecule is C#CC(C)Oc1ncnc(NCCC)c1CC. The van der Waals surface area contributed by atoms with E-state index >= 15 is 0 Å². The van der Waals surface area contributed by atoms with Gasteiger partial charge in [-0.15, -0.1) is 6.42 Å². The van der Waals surface area contributed by atoms with Crippen LogP contribution in [-0.2, 0) is 6.42 Å². The van der Waals surface area contributed by atoms with E-state index in [9.17, 15) is 0 Å². The van der Waals surface area contributed by atoms with Gasteiger partial charge < -0.3 is 10.1 Å². The largest absolute Gasteiger partial charge is 0.461 e. The summed E-state index contributed by atoms with van der Waals surface area (Å²) < 4.78 is 5.58. The van der Waals surface area contributed by atoms with Gasteiger partial charge in [0, 0.05) is 6.54 Å². The van der Waals surface area contributed by atoms with Crippen LogP contribution < -0.4 is 10.1 Å². The van der Waals surface area contributed by atoms with Crippen LogP contribution in [0.25, 0.3) is 0 Å².